The van der Waals surface area contributed by atoms with E-state index in [9.17, 15) is 0 Å². The number of aliphatic hydroxyl groups is 1. The number of morpholine rings is 1. The molecule has 2 N–H and O–H groups in total. The topological polar surface area (TPSA) is 44.7 Å². The van der Waals surface area contributed by atoms with Gasteiger partial charge < -0.3 is 15.2 Å². The first-order valence-electron chi connectivity index (χ1n) is 7.15. The Morgan fingerprint density at radius 2 is 2.17 bits per heavy atom. The van der Waals surface area contributed by atoms with Gasteiger partial charge in [-0.2, -0.15) is 0 Å². The van der Waals surface area contributed by atoms with E-state index in [1.54, 1.807) is 0 Å². The second-order valence-electron chi connectivity index (χ2n) is 6.23. The van der Waals surface area contributed by atoms with Crippen LogP contribution in [0.1, 0.15) is 34.1 Å². The number of nitrogens with one attached hydrogen (secondary N) is 1. The first kappa shape index (κ1) is 15.9. The van der Waals surface area contributed by atoms with Crippen molar-refractivity contribution in [2.24, 2.45) is 5.41 Å². The number of aliphatic hydroxyl groups excluding tert-OH is 1. The van der Waals surface area contributed by atoms with Crippen LogP contribution in [0.15, 0.2) is 0 Å². The molecule has 0 aliphatic carbocycles. The molecule has 18 heavy (non-hydrogen) atoms. The first-order valence-corrected chi connectivity index (χ1v) is 7.15. The number of hydrogen-bond donors (Lipinski definition) is 2. The maximum absolute atomic E-state index is 9.14. The van der Waals surface area contributed by atoms with Crippen molar-refractivity contribution in [3.8, 4) is 0 Å². The summed E-state index contributed by atoms with van der Waals surface area (Å²) in [7, 11) is 0. The van der Waals surface area contributed by atoms with Gasteiger partial charge in [-0.3, -0.25) is 4.90 Å². The van der Waals surface area contributed by atoms with Crippen molar-refractivity contribution in [3.63, 3.8) is 0 Å². The van der Waals surface area contributed by atoms with Crippen LogP contribution in [0.5, 0.6) is 0 Å². The standard InChI is InChI=1S/C14H30N2O2/c1-5-16-7-9-18-12(11-16)10-15-13(6-8-17)14(2,3)4/h12-13,15,17H,5-11H2,1-4H3. The lowest BCUT2D eigenvalue weighted by Gasteiger charge is -2.36. The molecule has 2 atom stereocenters. The van der Waals surface area contributed by atoms with Gasteiger partial charge in [-0.05, 0) is 18.4 Å². The predicted octanol–water partition coefficient (Wildman–Crippen LogP) is 1.09. The molecule has 0 saturated carbocycles. The van der Waals surface area contributed by atoms with Gasteiger partial charge in [0.15, 0.2) is 0 Å². The molecular weight excluding hydrogens is 228 g/mol. The number of rotatable bonds is 6. The van der Waals surface area contributed by atoms with Crippen molar-refractivity contribution in [2.75, 3.05) is 39.4 Å². The Morgan fingerprint density at radius 1 is 1.44 bits per heavy atom. The molecule has 0 spiro atoms. The largest absolute Gasteiger partial charge is 0.396 e. The molecule has 1 heterocycles. The fourth-order valence-corrected chi connectivity index (χ4v) is 2.44. The van der Waals surface area contributed by atoms with Gasteiger partial charge in [0.25, 0.3) is 0 Å². The van der Waals surface area contributed by atoms with Crippen LogP contribution >= 0.6 is 0 Å². The minimum absolute atomic E-state index is 0.168. The smallest absolute Gasteiger partial charge is 0.0826 e. The van der Waals surface area contributed by atoms with E-state index in [2.05, 4.69) is 37.9 Å². The molecule has 0 aromatic heterocycles. The predicted molar refractivity (Wildman–Crippen MR) is 74.8 cm³/mol. The lowest BCUT2D eigenvalue weighted by Crippen LogP contribution is -2.50. The summed E-state index contributed by atoms with van der Waals surface area (Å²) in [4.78, 5) is 2.42. The number of nitrogens with zero attached hydrogens (tertiary/aromatic N) is 1. The number of ether oxygens (including phenoxy) is 1. The van der Waals surface area contributed by atoms with Crippen LogP contribution in [0, 0.1) is 5.41 Å². The lowest BCUT2D eigenvalue weighted by molar-refractivity contribution is -0.0283. The quantitative estimate of drug-likeness (QED) is 0.749. The van der Waals surface area contributed by atoms with Gasteiger partial charge >= 0.3 is 0 Å². The Kier molecular flexibility index (Phi) is 6.57. The molecule has 0 aromatic rings. The molecule has 4 nitrogen and oxygen atoms in total. The summed E-state index contributed by atoms with van der Waals surface area (Å²) in [5.74, 6) is 0. The Hall–Kier alpha value is -0.160. The molecule has 0 aromatic carbocycles. The fraction of sp³-hybridized carbons (Fsp3) is 1.00. The van der Waals surface area contributed by atoms with Gasteiger partial charge in [0.1, 0.15) is 0 Å². The zero-order valence-electron chi connectivity index (χ0n) is 12.4. The zero-order chi connectivity index (χ0) is 13.6. The molecule has 1 aliphatic rings. The Bertz CT molecular complexity index is 228. The lowest BCUT2D eigenvalue weighted by atomic mass is 9.85. The Morgan fingerprint density at radius 3 is 2.72 bits per heavy atom. The SMILES string of the molecule is CCN1CCOC(CNC(CCO)C(C)(C)C)C1. The minimum Gasteiger partial charge on any atom is -0.396 e. The molecule has 1 fully saturated rings. The second kappa shape index (κ2) is 7.43. The Labute approximate surface area is 112 Å². The summed E-state index contributed by atoms with van der Waals surface area (Å²) in [5.41, 5.74) is 0.168. The fourth-order valence-electron chi connectivity index (χ4n) is 2.44. The minimum atomic E-state index is 0.168. The van der Waals surface area contributed by atoms with Crippen molar-refractivity contribution in [3.05, 3.63) is 0 Å². The van der Waals surface area contributed by atoms with Crippen molar-refractivity contribution in [1.29, 1.82) is 0 Å². The van der Waals surface area contributed by atoms with Crippen LogP contribution in [0.2, 0.25) is 0 Å². The molecule has 1 rings (SSSR count). The monoisotopic (exact) mass is 258 g/mol. The highest BCUT2D eigenvalue weighted by Gasteiger charge is 2.26. The highest BCUT2D eigenvalue weighted by atomic mass is 16.5. The van der Waals surface area contributed by atoms with E-state index in [-0.39, 0.29) is 18.1 Å². The van der Waals surface area contributed by atoms with Crippen molar-refractivity contribution in [2.45, 2.75) is 46.3 Å². The van der Waals surface area contributed by atoms with Crippen LogP contribution in [-0.2, 0) is 4.74 Å². The second-order valence-corrected chi connectivity index (χ2v) is 6.23. The van der Waals surface area contributed by atoms with Gasteiger partial charge in [-0.15, -0.1) is 0 Å². The maximum atomic E-state index is 9.14. The number of hydrogen-bond acceptors (Lipinski definition) is 4. The van der Waals surface area contributed by atoms with Crippen molar-refractivity contribution in [1.82, 2.24) is 10.2 Å². The molecule has 2 unspecified atom stereocenters. The van der Waals surface area contributed by atoms with Gasteiger partial charge in [0.05, 0.1) is 12.7 Å². The molecule has 108 valence electrons. The van der Waals surface area contributed by atoms with Gasteiger partial charge in [0, 0.05) is 32.3 Å². The van der Waals surface area contributed by atoms with Gasteiger partial charge in [0.2, 0.25) is 0 Å². The highest BCUT2D eigenvalue weighted by molar-refractivity contribution is 4.82. The summed E-state index contributed by atoms with van der Waals surface area (Å²) >= 11 is 0. The van der Waals surface area contributed by atoms with Crippen molar-refractivity contribution >= 4 is 0 Å². The molecule has 1 aliphatic heterocycles. The van der Waals surface area contributed by atoms with E-state index < -0.39 is 0 Å². The average molecular weight is 258 g/mol. The first-order chi connectivity index (χ1) is 8.47. The summed E-state index contributed by atoms with van der Waals surface area (Å²) < 4.78 is 5.78. The van der Waals surface area contributed by atoms with E-state index in [0.717, 1.165) is 39.2 Å². The van der Waals surface area contributed by atoms with E-state index in [4.69, 9.17) is 9.84 Å². The van der Waals surface area contributed by atoms with Crippen LogP contribution < -0.4 is 5.32 Å². The molecule has 1 saturated heterocycles. The third-order valence-corrected chi connectivity index (χ3v) is 3.73. The van der Waals surface area contributed by atoms with Crippen LogP contribution in [-0.4, -0.2) is 61.5 Å². The van der Waals surface area contributed by atoms with Gasteiger partial charge in [-0.25, -0.2) is 0 Å². The van der Waals surface area contributed by atoms with E-state index in [1.807, 2.05) is 0 Å². The Balaban J connectivity index is 2.37. The summed E-state index contributed by atoms with van der Waals surface area (Å²) in [6.45, 7) is 13.9. The van der Waals surface area contributed by atoms with Crippen LogP contribution in [0.4, 0.5) is 0 Å². The maximum Gasteiger partial charge on any atom is 0.0826 e. The van der Waals surface area contributed by atoms with E-state index >= 15 is 0 Å². The van der Waals surface area contributed by atoms with E-state index in [0.29, 0.717) is 6.04 Å². The molecule has 0 bridgehead atoms. The average Bonchev–Trinajstić information content (AvgIpc) is 2.33. The third-order valence-electron chi connectivity index (χ3n) is 3.73. The van der Waals surface area contributed by atoms with Crippen LogP contribution in [0.25, 0.3) is 0 Å². The number of likely N-dealkylation sites (N-methyl/N-ethyl adjacent to an activating group) is 1. The molecule has 4 heteroatoms. The summed E-state index contributed by atoms with van der Waals surface area (Å²) in [5, 5.41) is 12.7. The molecule has 0 radical (unpaired) electrons. The highest BCUT2D eigenvalue weighted by Crippen LogP contribution is 2.21. The molecular formula is C14H30N2O2. The van der Waals surface area contributed by atoms with Crippen LogP contribution in [0.3, 0.4) is 0 Å². The summed E-state index contributed by atoms with van der Waals surface area (Å²) in [6.07, 6.45) is 1.08. The zero-order valence-corrected chi connectivity index (χ0v) is 12.4. The van der Waals surface area contributed by atoms with Crippen molar-refractivity contribution < 1.29 is 9.84 Å². The van der Waals surface area contributed by atoms with E-state index in [1.165, 1.54) is 0 Å². The third kappa shape index (κ3) is 5.22. The molecule has 0 amide bonds. The summed E-state index contributed by atoms with van der Waals surface area (Å²) in [6, 6.07) is 0.336. The normalized spacial score (nSPS) is 24.2. The van der Waals surface area contributed by atoms with Gasteiger partial charge in [-0.1, -0.05) is 27.7 Å².